The van der Waals surface area contributed by atoms with Gasteiger partial charge in [0.15, 0.2) is 0 Å². The van der Waals surface area contributed by atoms with Crippen molar-refractivity contribution in [1.29, 1.82) is 0 Å². The Morgan fingerprint density at radius 3 is 1.45 bits per heavy atom. The van der Waals surface area contributed by atoms with Crippen LogP contribution in [0.3, 0.4) is 0 Å². The predicted octanol–water partition coefficient (Wildman–Crippen LogP) is 6.45. The second-order valence-electron chi connectivity index (χ2n) is 5.66. The van der Waals surface area contributed by atoms with Crippen LogP contribution in [-0.4, -0.2) is 13.2 Å². The van der Waals surface area contributed by atoms with E-state index in [-0.39, 0.29) is 0 Å². The normalized spacial score (nSPS) is 10.6. The highest BCUT2D eigenvalue weighted by Crippen LogP contribution is 2.11. The summed E-state index contributed by atoms with van der Waals surface area (Å²) < 4.78 is 5.57. The van der Waals surface area contributed by atoms with Crippen molar-refractivity contribution in [2.75, 3.05) is 13.2 Å². The van der Waals surface area contributed by atoms with E-state index in [0.29, 0.717) is 0 Å². The van der Waals surface area contributed by atoms with Gasteiger partial charge in [0.1, 0.15) is 0 Å². The van der Waals surface area contributed by atoms with Crippen LogP contribution < -0.4 is 0 Å². The first-order chi connectivity index (χ1) is 9.91. The van der Waals surface area contributed by atoms with E-state index < -0.39 is 0 Å². The van der Waals surface area contributed by atoms with Gasteiger partial charge in [-0.15, -0.1) is 13.2 Å². The standard InChI is InChI=1S/C19H36O/c1-3-5-7-8-9-10-11-12-13-14-15-17-19-20-18-16-6-4-2/h3-4H,1-2,5-19H2. The summed E-state index contributed by atoms with van der Waals surface area (Å²) in [6, 6.07) is 0. The van der Waals surface area contributed by atoms with E-state index in [1.807, 2.05) is 12.2 Å². The monoisotopic (exact) mass is 280 g/mol. The van der Waals surface area contributed by atoms with Crippen molar-refractivity contribution < 1.29 is 4.74 Å². The average Bonchev–Trinajstić information content (AvgIpc) is 2.47. The Kier molecular flexibility index (Phi) is 17.9. The van der Waals surface area contributed by atoms with Gasteiger partial charge in [-0.25, -0.2) is 0 Å². The van der Waals surface area contributed by atoms with E-state index in [2.05, 4.69) is 13.2 Å². The fourth-order valence-electron chi connectivity index (χ4n) is 2.34. The highest BCUT2D eigenvalue weighted by atomic mass is 16.5. The predicted molar refractivity (Wildman–Crippen MR) is 91.2 cm³/mol. The first-order valence-corrected chi connectivity index (χ1v) is 8.71. The highest BCUT2D eigenvalue weighted by Gasteiger charge is 1.93. The van der Waals surface area contributed by atoms with Gasteiger partial charge in [-0.1, -0.05) is 63.5 Å². The lowest BCUT2D eigenvalue weighted by molar-refractivity contribution is 0.128. The van der Waals surface area contributed by atoms with Crippen LogP contribution in [0.1, 0.15) is 83.5 Å². The largest absolute Gasteiger partial charge is 0.381 e. The first-order valence-electron chi connectivity index (χ1n) is 8.71. The van der Waals surface area contributed by atoms with Crippen molar-refractivity contribution in [3.63, 3.8) is 0 Å². The van der Waals surface area contributed by atoms with Gasteiger partial charge in [0.2, 0.25) is 0 Å². The molecule has 0 bridgehead atoms. The van der Waals surface area contributed by atoms with Gasteiger partial charge in [0.05, 0.1) is 0 Å². The first kappa shape index (κ1) is 19.4. The molecular formula is C19H36O. The van der Waals surface area contributed by atoms with Crippen molar-refractivity contribution >= 4 is 0 Å². The molecular weight excluding hydrogens is 244 g/mol. The Hall–Kier alpha value is -0.560. The molecule has 0 spiro atoms. The van der Waals surface area contributed by atoms with Crippen molar-refractivity contribution in [2.24, 2.45) is 0 Å². The lowest BCUT2D eigenvalue weighted by Gasteiger charge is -2.04. The third kappa shape index (κ3) is 17.4. The Labute approximate surface area is 127 Å². The van der Waals surface area contributed by atoms with E-state index >= 15 is 0 Å². The third-order valence-electron chi connectivity index (χ3n) is 3.64. The molecule has 1 heteroatoms. The van der Waals surface area contributed by atoms with Crippen LogP contribution in [0, 0.1) is 0 Å². The molecule has 0 fully saturated rings. The van der Waals surface area contributed by atoms with Gasteiger partial charge in [0.25, 0.3) is 0 Å². The quantitative estimate of drug-likeness (QED) is 0.220. The Balaban J connectivity index is 2.92. The van der Waals surface area contributed by atoms with Gasteiger partial charge in [-0.3, -0.25) is 0 Å². The smallest absolute Gasteiger partial charge is 0.0468 e. The Bertz CT molecular complexity index is 176. The maximum absolute atomic E-state index is 5.57. The van der Waals surface area contributed by atoms with Gasteiger partial charge >= 0.3 is 0 Å². The molecule has 0 unspecified atom stereocenters. The lowest BCUT2D eigenvalue weighted by Crippen LogP contribution is -1.96. The molecule has 0 saturated carbocycles. The molecule has 0 aromatic heterocycles. The number of rotatable bonds is 17. The molecule has 0 heterocycles. The average molecular weight is 280 g/mol. The van der Waals surface area contributed by atoms with Crippen molar-refractivity contribution in [3.05, 3.63) is 25.3 Å². The maximum atomic E-state index is 5.57. The molecule has 0 N–H and O–H groups in total. The molecule has 0 saturated heterocycles. The third-order valence-corrected chi connectivity index (χ3v) is 3.64. The Morgan fingerprint density at radius 1 is 0.500 bits per heavy atom. The lowest BCUT2D eigenvalue weighted by atomic mass is 10.1. The molecule has 1 nitrogen and oxygen atoms in total. The molecule has 0 aromatic rings. The summed E-state index contributed by atoms with van der Waals surface area (Å²) in [4.78, 5) is 0. The second kappa shape index (κ2) is 18.4. The van der Waals surface area contributed by atoms with Gasteiger partial charge in [-0.05, 0) is 32.1 Å². The SMILES string of the molecule is C=CCCCCCCCCCCCCOCCCC=C. The van der Waals surface area contributed by atoms with Crippen molar-refractivity contribution in [3.8, 4) is 0 Å². The van der Waals surface area contributed by atoms with Crippen LogP contribution >= 0.6 is 0 Å². The molecule has 0 aromatic carbocycles. The summed E-state index contributed by atoms with van der Waals surface area (Å²) in [7, 11) is 0. The minimum Gasteiger partial charge on any atom is -0.381 e. The zero-order chi connectivity index (χ0) is 14.7. The molecule has 0 rings (SSSR count). The van der Waals surface area contributed by atoms with Crippen LogP contribution in [-0.2, 0) is 4.74 Å². The highest BCUT2D eigenvalue weighted by molar-refractivity contribution is 4.65. The molecule has 20 heavy (non-hydrogen) atoms. The number of hydrogen-bond donors (Lipinski definition) is 0. The number of ether oxygens (including phenoxy) is 1. The molecule has 0 aliphatic heterocycles. The van der Waals surface area contributed by atoms with Gasteiger partial charge in [-0.2, -0.15) is 0 Å². The van der Waals surface area contributed by atoms with Gasteiger partial charge in [0, 0.05) is 13.2 Å². The molecule has 0 aliphatic carbocycles. The topological polar surface area (TPSA) is 9.23 Å². The molecule has 0 atom stereocenters. The van der Waals surface area contributed by atoms with Crippen molar-refractivity contribution in [1.82, 2.24) is 0 Å². The van der Waals surface area contributed by atoms with Crippen LogP contribution in [0.25, 0.3) is 0 Å². The summed E-state index contributed by atoms with van der Waals surface area (Å²) >= 11 is 0. The summed E-state index contributed by atoms with van der Waals surface area (Å²) in [6.45, 7) is 9.31. The number of allylic oxidation sites excluding steroid dienone is 2. The molecule has 118 valence electrons. The zero-order valence-corrected chi connectivity index (χ0v) is 13.6. The summed E-state index contributed by atoms with van der Waals surface area (Å²) in [5.41, 5.74) is 0. The minimum atomic E-state index is 0.901. The summed E-state index contributed by atoms with van der Waals surface area (Å²) in [5, 5.41) is 0. The van der Waals surface area contributed by atoms with Crippen molar-refractivity contribution in [2.45, 2.75) is 83.5 Å². The molecule has 0 amide bonds. The van der Waals surface area contributed by atoms with E-state index in [1.165, 1.54) is 70.6 Å². The fourth-order valence-corrected chi connectivity index (χ4v) is 2.34. The summed E-state index contributed by atoms with van der Waals surface area (Å²) in [5.74, 6) is 0. The van der Waals surface area contributed by atoms with Crippen LogP contribution in [0.5, 0.6) is 0 Å². The van der Waals surface area contributed by atoms with E-state index in [0.717, 1.165) is 26.1 Å². The number of unbranched alkanes of at least 4 members (excludes halogenated alkanes) is 11. The van der Waals surface area contributed by atoms with E-state index in [9.17, 15) is 0 Å². The van der Waals surface area contributed by atoms with Crippen LogP contribution in [0.15, 0.2) is 25.3 Å². The van der Waals surface area contributed by atoms with Crippen LogP contribution in [0.4, 0.5) is 0 Å². The zero-order valence-electron chi connectivity index (χ0n) is 13.6. The minimum absolute atomic E-state index is 0.901. The van der Waals surface area contributed by atoms with Crippen LogP contribution in [0.2, 0.25) is 0 Å². The summed E-state index contributed by atoms with van der Waals surface area (Å²) in [6.07, 6.45) is 21.1. The fraction of sp³-hybridized carbons (Fsp3) is 0.789. The Morgan fingerprint density at radius 2 is 0.900 bits per heavy atom. The molecule has 0 aliphatic rings. The van der Waals surface area contributed by atoms with Gasteiger partial charge < -0.3 is 4.74 Å². The van der Waals surface area contributed by atoms with E-state index in [4.69, 9.17) is 4.74 Å². The molecule has 0 radical (unpaired) electrons. The van der Waals surface area contributed by atoms with E-state index in [1.54, 1.807) is 0 Å². The number of hydrogen-bond acceptors (Lipinski definition) is 1. The second-order valence-corrected chi connectivity index (χ2v) is 5.66. The maximum Gasteiger partial charge on any atom is 0.0468 e.